The number of halogens is 1. The van der Waals surface area contributed by atoms with Gasteiger partial charge >= 0.3 is 5.97 Å². The van der Waals surface area contributed by atoms with Crippen LogP contribution in [-0.4, -0.2) is 32.8 Å². The van der Waals surface area contributed by atoms with Crippen LogP contribution in [0.1, 0.15) is 40.5 Å². The molecule has 0 atom stereocenters. The number of esters is 1. The third-order valence-corrected chi connectivity index (χ3v) is 4.70. The van der Waals surface area contributed by atoms with Crippen molar-refractivity contribution in [3.63, 3.8) is 0 Å². The van der Waals surface area contributed by atoms with Crippen LogP contribution in [-0.2, 0) is 34.1 Å². The van der Waals surface area contributed by atoms with E-state index >= 15 is 0 Å². The highest BCUT2D eigenvalue weighted by Crippen LogP contribution is 2.17. The van der Waals surface area contributed by atoms with Gasteiger partial charge in [-0.05, 0) is 42.0 Å². The third-order valence-electron chi connectivity index (χ3n) is 4.70. The summed E-state index contributed by atoms with van der Waals surface area (Å²) < 4.78 is 28.5. The number of carbonyl (C=O) groups excluding carboxylic acids is 3. The minimum atomic E-state index is -0.591. The molecule has 0 aliphatic carbocycles. The largest absolute Gasteiger partial charge is 0.485 e. The maximum absolute atomic E-state index is 12.9. The number of ether oxygens (including phenoxy) is 2. The Hall–Kier alpha value is -4.08. The van der Waals surface area contributed by atoms with Gasteiger partial charge in [0, 0.05) is 12.8 Å². The van der Waals surface area contributed by atoms with E-state index in [4.69, 9.17) is 14.0 Å². The van der Waals surface area contributed by atoms with Gasteiger partial charge < -0.3 is 14.0 Å². The van der Waals surface area contributed by atoms with E-state index in [1.54, 1.807) is 24.3 Å². The van der Waals surface area contributed by atoms with Crippen molar-refractivity contribution in [2.24, 2.45) is 0 Å². The number of amides is 2. The Labute approximate surface area is 181 Å². The second kappa shape index (κ2) is 9.38. The van der Waals surface area contributed by atoms with Crippen molar-refractivity contribution in [1.29, 1.82) is 0 Å². The molecule has 9 nitrogen and oxygen atoms in total. The zero-order valence-electron chi connectivity index (χ0n) is 16.8. The lowest BCUT2D eigenvalue weighted by Crippen LogP contribution is -2.28. The molecular weight excluding hydrogens is 421 g/mol. The van der Waals surface area contributed by atoms with Crippen molar-refractivity contribution in [3.8, 4) is 5.75 Å². The molecule has 1 aliphatic rings. The SMILES string of the molecule is O=C(OCc1nc(COc2ccc(F)cc2)no1)c1ccc(CN2C(=O)CCC2=O)cc1. The minimum absolute atomic E-state index is 0.00651. The van der Waals surface area contributed by atoms with Crippen molar-refractivity contribution in [2.75, 3.05) is 0 Å². The smallest absolute Gasteiger partial charge is 0.338 e. The van der Waals surface area contributed by atoms with E-state index in [1.807, 2.05) is 0 Å². The molecule has 1 fully saturated rings. The van der Waals surface area contributed by atoms with Gasteiger partial charge in [0.05, 0.1) is 12.1 Å². The highest BCUT2D eigenvalue weighted by atomic mass is 19.1. The zero-order valence-corrected chi connectivity index (χ0v) is 16.8. The van der Waals surface area contributed by atoms with Crippen LogP contribution in [0, 0.1) is 5.82 Å². The molecule has 0 radical (unpaired) electrons. The number of benzene rings is 2. The van der Waals surface area contributed by atoms with Gasteiger partial charge in [-0.1, -0.05) is 17.3 Å². The molecule has 2 heterocycles. The molecule has 0 N–H and O–H groups in total. The van der Waals surface area contributed by atoms with Crippen LogP contribution in [0.3, 0.4) is 0 Å². The summed E-state index contributed by atoms with van der Waals surface area (Å²) in [5.41, 5.74) is 1.03. The van der Waals surface area contributed by atoms with E-state index in [1.165, 1.54) is 29.2 Å². The van der Waals surface area contributed by atoms with Crippen molar-refractivity contribution in [1.82, 2.24) is 15.0 Å². The molecule has 32 heavy (non-hydrogen) atoms. The quantitative estimate of drug-likeness (QED) is 0.389. The molecule has 164 valence electrons. The Morgan fingerprint density at radius 2 is 1.69 bits per heavy atom. The average Bonchev–Trinajstić information content (AvgIpc) is 3.39. The number of hydrogen-bond donors (Lipinski definition) is 0. The highest BCUT2D eigenvalue weighted by Gasteiger charge is 2.28. The zero-order chi connectivity index (χ0) is 22.5. The summed E-state index contributed by atoms with van der Waals surface area (Å²) in [6.07, 6.45) is 0.470. The Morgan fingerprint density at radius 1 is 1.00 bits per heavy atom. The van der Waals surface area contributed by atoms with E-state index in [9.17, 15) is 18.8 Å². The maximum atomic E-state index is 12.9. The number of nitrogens with zero attached hydrogens (tertiary/aromatic N) is 3. The van der Waals surface area contributed by atoms with E-state index < -0.39 is 5.97 Å². The molecule has 0 saturated carbocycles. The summed E-state index contributed by atoms with van der Waals surface area (Å²) in [6, 6.07) is 11.9. The molecule has 2 aromatic carbocycles. The molecule has 10 heteroatoms. The second-order valence-electron chi connectivity index (χ2n) is 6.99. The summed E-state index contributed by atoms with van der Waals surface area (Å²) in [7, 11) is 0. The fourth-order valence-electron chi connectivity index (χ4n) is 3.02. The van der Waals surface area contributed by atoms with Crippen molar-refractivity contribution in [2.45, 2.75) is 32.6 Å². The Bertz CT molecular complexity index is 1110. The molecule has 1 aliphatic heterocycles. The first kappa shape index (κ1) is 21.2. The first-order chi connectivity index (χ1) is 15.5. The number of aromatic nitrogens is 2. The number of imide groups is 1. The van der Waals surface area contributed by atoms with Crippen LogP contribution in [0.25, 0.3) is 0 Å². The van der Waals surface area contributed by atoms with Crippen LogP contribution in [0.15, 0.2) is 53.1 Å². The van der Waals surface area contributed by atoms with Gasteiger partial charge in [0.1, 0.15) is 11.6 Å². The van der Waals surface area contributed by atoms with Crippen LogP contribution in [0.2, 0.25) is 0 Å². The van der Waals surface area contributed by atoms with E-state index in [0.29, 0.717) is 11.3 Å². The summed E-state index contributed by atoms with van der Waals surface area (Å²) >= 11 is 0. The fraction of sp³-hybridized carbons (Fsp3) is 0.227. The predicted octanol–water partition coefficient (Wildman–Crippen LogP) is 2.79. The van der Waals surface area contributed by atoms with E-state index in [2.05, 4.69) is 10.1 Å². The molecular formula is C22H18FN3O6. The molecule has 1 saturated heterocycles. The molecule has 0 bridgehead atoms. The van der Waals surface area contributed by atoms with Crippen LogP contribution >= 0.6 is 0 Å². The summed E-state index contributed by atoms with van der Waals surface area (Å²) in [6.45, 7) is -0.0365. The topological polar surface area (TPSA) is 112 Å². The number of rotatable bonds is 8. The fourth-order valence-corrected chi connectivity index (χ4v) is 3.02. The minimum Gasteiger partial charge on any atom is -0.485 e. The summed E-state index contributed by atoms with van der Waals surface area (Å²) in [5.74, 6) is -0.554. The Kier molecular flexibility index (Phi) is 6.20. The first-order valence-electron chi connectivity index (χ1n) is 9.77. The Balaban J connectivity index is 1.26. The van der Waals surface area contributed by atoms with Gasteiger partial charge in [-0.3, -0.25) is 14.5 Å². The molecule has 3 aromatic rings. The maximum Gasteiger partial charge on any atom is 0.338 e. The number of likely N-dealkylation sites (tertiary alicyclic amines) is 1. The molecule has 2 amide bonds. The van der Waals surface area contributed by atoms with Crippen LogP contribution < -0.4 is 4.74 Å². The van der Waals surface area contributed by atoms with Crippen molar-refractivity contribution >= 4 is 17.8 Å². The van der Waals surface area contributed by atoms with Gasteiger partial charge in [0.25, 0.3) is 5.89 Å². The van der Waals surface area contributed by atoms with Gasteiger partial charge in [-0.2, -0.15) is 4.98 Å². The van der Waals surface area contributed by atoms with Crippen LogP contribution in [0.5, 0.6) is 5.75 Å². The predicted molar refractivity (Wildman–Crippen MR) is 105 cm³/mol. The average molecular weight is 439 g/mol. The first-order valence-corrected chi connectivity index (χ1v) is 9.77. The summed E-state index contributed by atoms with van der Waals surface area (Å²) in [4.78, 5) is 40.9. The molecule has 1 aromatic heterocycles. The number of hydrogen-bond acceptors (Lipinski definition) is 8. The lowest BCUT2D eigenvalue weighted by molar-refractivity contribution is -0.139. The monoisotopic (exact) mass is 439 g/mol. The van der Waals surface area contributed by atoms with E-state index in [0.717, 1.165) is 5.56 Å². The third kappa shape index (κ3) is 5.15. The molecule has 4 rings (SSSR count). The van der Waals surface area contributed by atoms with E-state index in [-0.39, 0.29) is 61.9 Å². The highest BCUT2D eigenvalue weighted by molar-refractivity contribution is 6.01. The lowest BCUT2D eigenvalue weighted by atomic mass is 10.1. The Morgan fingerprint density at radius 3 is 2.38 bits per heavy atom. The summed E-state index contributed by atoms with van der Waals surface area (Å²) in [5, 5.41) is 3.74. The number of carbonyl (C=O) groups is 3. The second-order valence-corrected chi connectivity index (χ2v) is 6.99. The molecule has 0 unspecified atom stereocenters. The van der Waals surface area contributed by atoms with Gasteiger partial charge in [0.15, 0.2) is 13.2 Å². The van der Waals surface area contributed by atoms with Crippen molar-refractivity contribution < 1.29 is 32.8 Å². The lowest BCUT2D eigenvalue weighted by Gasteiger charge is -2.13. The van der Waals surface area contributed by atoms with Crippen LogP contribution in [0.4, 0.5) is 4.39 Å². The van der Waals surface area contributed by atoms with Gasteiger partial charge in [0.2, 0.25) is 17.6 Å². The van der Waals surface area contributed by atoms with Gasteiger partial charge in [-0.15, -0.1) is 0 Å². The van der Waals surface area contributed by atoms with Gasteiger partial charge in [-0.25, -0.2) is 9.18 Å². The normalized spacial score (nSPS) is 13.5. The molecule has 0 spiro atoms. The van der Waals surface area contributed by atoms with Crippen molar-refractivity contribution in [3.05, 3.63) is 77.2 Å². The standard InChI is InChI=1S/C22H18FN3O6/c23-16-5-7-17(8-6-16)30-12-18-24-19(32-25-18)13-31-22(29)15-3-1-14(2-4-15)11-26-20(27)9-10-21(26)28/h1-8H,9-13H2.